The first-order valence-electron chi connectivity index (χ1n) is 7.11. The van der Waals surface area contributed by atoms with Crippen molar-refractivity contribution in [2.24, 2.45) is 0 Å². The Morgan fingerprint density at radius 3 is 2.53 bits per heavy atom. The predicted molar refractivity (Wildman–Crippen MR) is 78.5 cm³/mol. The number of nitrogens with zero attached hydrogens (tertiary/aromatic N) is 4. The van der Waals surface area contributed by atoms with Crippen molar-refractivity contribution in [1.82, 2.24) is 19.7 Å². The highest BCUT2D eigenvalue weighted by molar-refractivity contribution is 5.87. The number of hydrogen-bond donors (Lipinski definition) is 1. The molecule has 2 heterocycles. The molecule has 0 radical (unpaired) electrons. The zero-order valence-electron chi connectivity index (χ0n) is 12.5. The molecule has 1 N–H and O–H groups in total. The molecule has 2 rings (SSSR count). The van der Waals surface area contributed by atoms with Crippen LogP contribution in [0.1, 0.15) is 45.6 Å². The van der Waals surface area contributed by atoms with E-state index in [2.05, 4.69) is 48.1 Å². The van der Waals surface area contributed by atoms with Gasteiger partial charge in [-0.1, -0.05) is 13.8 Å². The van der Waals surface area contributed by atoms with Gasteiger partial charge in [-0.15, -0.1) is 0 Å². The Morgan fingerprint density at radius 2 is 1.95 bits per heavy atom. The highest BCUT2D eigenvalue weighted by Gasteiger charge is 2.16. The minimum Gasteiger partial charge on any atom is -0.366 e. The molecule has 0 bridgehead atoms. The summed E-state index contributed by atoms with van der Waals surface area (Å²) >= 11 is 0. The van der Waals surface area contributed by atoms with Crippen LogP contribution in [0.4, 0.5) is 5.82 Å². The second kappa shape index (κ2) is 5.55. The van der Waals surface area contributed by atoms with Gasteiger partial charge in [-0.2, -0.15) is 5.10 Å². The van der Waals surface area contributed by atoms with E-state index in [-0.39, 0.29) is 0 Å². The van der Waals surface area contributed by atoms with E-state index in [1.807, 2.05) is 11.6 Å². The van der Waals surface area contributed by atoms with Crippen molar-refractivity contribution in [2.75, 3.05) is 5.32 Å². The number of aryl methyl sites for hydroxylation is 3. The number of rotatable bonds is 5. The monoisotopic (exact) mass is 261 g/mol. The quantitative estimate of drug-likeness (QED) is 0.899. The number of hydrogen-bond acceptors (Lipinski definition) is 4. The van der Waals surface area contributed by atoms with E-state index in [9.17, 15) is 0 Å². The Balaban J connectivity index is 2.63. The number of aromatic nitrogens is 4. The molecule has 2 aromatic rings. The third-order valence-electron chi connectivity index (χ3n) is 3.41. The van der Waals surface area contributed by atoms with Gasteiger partial charge in [-0.05, 0) is 27.2 Å². The van der Waals surface area contributed by atoms with Crippen molar-refractivity contribution >= 4 is 16.9 Å². The van der Waals surface area contributed by atoms with Crippen LogP contribution in [-0.2, 0) is 13.0 Å². The summed E-state index contributed by atoms with van der Waals surface area (Å²) in [5.74, 6) is 1.79. The molecule has 5 heteroatoms. The first-order chi connectivity index (χ1) is 9.10. The molecule has 19 heavy (non-hydrogen) atoms. The van der Waals surface area contributed by atoms with Crippen LogP contribution in [0.2, 0.25) is 0 Å². The van der Waals surface area contributed by atoms with E-state index < -0.39 is 0 Å². The van der Waals surface area contributed by atoms with Gasteiger partial charge in [0, 0.05) is 19.0 Å². The minimum absolute atomic E-state index is 0.392. The Morgan fingerprint density at radius 1 is 1.21 bits per heavy atom. The fourth-order valence-electron chi connectivity index (χ4n) is 2.10. The van der Waals surface area contributed by atoms with E-state index in [1.165, 1.54) is 0 Å². The van der Waals surface area contributed by atoms with Gasteiger partial charge in [0.15, 0.2) is 5.82 Å². The normalized spacial score (nSPS) is 12.9. The molecule has 0 aliphatic heterocycles. The molecule has 2 aromatic heterocycles. The second-order valence-electron chi connectivity index (χ2n) is 4.89. The van der Waals surface area contributed by atoms with Crippen LogP contribution in [0.5, 0.6) is 0 Å². The molecular weight excluding hydrogens is 238 g/mol. The third-order valence-corrected chi connectivity index (χ3v) is 3.41. The van der Waals surface area contributed by atoms with Gasteiger partial charge in [0.2, 0.25) is 0 Å². The molecule has 0 aliphatic rings. The van der Waals surface area contributed by atoms with Gasteiger partial charge in [0.05, 0.1) is 5.69 Å². The number of fused-ring (bicyclic) bond motifs is 1. The predicted octanol–water partition coefficient (Wildman–Crippen LogP) is 2.93. The van der Waals surface area contributed by atoms with E-state index in [0.717, 1.165) is 47.8 Å². The maximum Gasteiger partial charge on any atom is 0.156 e. The fraction of sp³-hybridized carbons (Fsp3) is 0.643. The Kier molecular flexibility index (Phi) is 4.02. The molecule has 0 aliphatic carbocycles. The first kappa shape index (κ1) is 13.8. The van der Waals surface area contributed by atoms with Crippen LogP contribution in [0.15, 0.2) is 0 Å². The standard InChI is InChI=1S/C14H23N5/c1-6-9(4)15-14-13-12(16-11(7-2)17-14)10(5)18-19(13)8-3/h9H,6-8H2,1-5H3,(H,15,16,17)/t9-/m0/s1. The molecule has 5 nitrogen and oxygen atoms in total. The van der Waals surface area contributed by atoms with Gasteiger partial charge in [-0.3, -0.25) is 4.68 Å². The molecule has 0 spiro atoms. The van der Waals surface area contributed by atoms with Gasteiger partial charge in [-0.25, -0.2) is 9.97 Å². The highest BCUT2D eigenvalue weighted by atomic mass is 15.3. The topological polar surface area (TPSA) is 55.6 Å². The third kappa shape index (κ3) is 2.55. The van der Waals surface area contributed by atoms with Crippen molar-refractivity contribution < 1.29 is 0 Å². The SMILES string of the molecule is CCc1nc(N[C@@H](C)CC)c2c(n1)c(C)nn2CC. The summed E-state index contributed by atoms with van der Waals surface area (Å²) in [6.07, 6.45) is 1.90. The Bertz CT molecular complexity index is 573. The van der Waals surface area contributed by atoms with Crippen molar-refractivity contribution in [3.05, 3.63) is 11.5 Å². The van der Waals surface area contributed by atoms with Crippen molar-refractivity contribution in [3.63, 3.8) is 0 Å². The van der Waals surface area contributed by atoms with Crippen molar-refractivity contribution in [1.29, 1.82) is 0 Å². The molecule has 0 unspecified atom stereocenters. The highest BCUT2D eigenvalue weighted by Crippen LogP contribution is 2.24. The first-order valence-corrected chi connectivity index (χ1v) is 7.11. The summed E-state index contributed by atoms with van der Waals surface area (Å²) in [4.78, 5) is 9.27. The fourth-order valence-corrected chi connectivity index (χ4v) is 2.10. The van der Waals surface area contributed by atoms with Crippen LogP contribution >= 0.6 is 0 Å². The molecule has 0 fully saturated rings. The molecule has 104 valence electrons. The minimum atomic E-state index is 0.392. The van der Waals surface area contributed by atoms with Gasteiger partial charge in [0.1, 0.15) is 16.9 Å². The van der Waals surface area contributed by atoms with Crippen LogP contribution in [-0.4, -0.2) is 25.8 Å². The second-order valence-corrected chi connectivity index (χ2v) is 4.89. The maximum atomic E-state index is 4.65. The molecule has 0 aromatic carbocycles. The maximum absolute atomic E-state index is 4.65. The van der Waals surface area contributed by atoms with Gasteiger partial charge < -0.3 is 5.32 Å². The summed E-state index contributed by atoms with van der Waals surface area (Å²) in [6.45, 7) is 11.3. The lowest BCUT2D eigenvalue weighted by molar-refractivity contribution is 0.673. The average molecular weight is 261 g/mol. The van der Waals surface area contributed by atoms with E-state index in [0.29, 0.717) is 6.04 Å². The van der Waals surface area contributed by atoms with Crippen LogP contribution in [0.25, 0.3) is 11.0 Å². The summed E-state index contributed by atoms with van der Waals surface area (Å²) in [5, 5.41) is 8.04. The zero-order chi connectivity index (χ0) is 14.0. The van der Waals surface area contributed by atoms with Crippen LogP contribution < -0.4 is 5.32 Å². The van der Waals surface area contributed by atoms with E-state index in [1.54, 1.807) is 0 Å². The molecular formula is C14H23N5. The van der Waals surface area contributed by atoms with Gasteiger partial charge in [0.25, 0.3) is 0 Å². The lowest BCUT2D eigenvalue weighted by Gasteiger charge is -2.14. The molecule has 1 atom stereocenters. The average Bonchev–Trinajstić information content (AvgIpc) is 2.75. The summed E-state index contributed by atoms with van der Waals surface area (Å²) < 4.78 is 1.98. The summed E-state index contributed by atoms with van der Waals surface area (Å²) in [5.41, 5.74) is 2.97. The smallest absolute Gasteiger partial charge is 0.156 e. The summed E-state index contributed by atoms with van der Waals surface area (Å²) in [7, 11) is 0. The number of nitrogens with one attached hydrogen (secondary N) is 1. The van der Waals surface area contributed by atoms with E-state index in [4.69, 9.17) is 0 Å². The Labute approximate surface area is 114 Å². The largest absolute Gasteiger partial charge is 0.366 e. The van der Waals surface area contributed by atoms with Crippen molar-refractivity contribution in [3.8, 4) is 0 Å². The van der Waals surface area contributed by atoms with Crippen LogP contribution in [0, 0.1) is 6.92 Å². The Hall–Kier alpha value is -1.65. The molecule has 0 saturated heterocycles. The number of anilines is 1. The molecule has 0 amide bonds. The zero-order valence-corrected chi connectivity index (χ0v) is 12.5. The molecule has 0 saturated carbocycles. The lowest BCUT2D eigenvalue weighted by atomic mass is 10.2. The lowest BCUT2D eigenvalue weighted by Crippen LogP contribution is -2.16. The van der Waals surface area contributed by atoms with Crippen molar-refractivity contribution in [2.45, 2.75) is 60.0 Å². The summed E-state index contributed by atoms with van der Waals surface area (Å²) in [6, 6.07) is 0.392. The van der Waals surface area contributed by atoms with Gasteiger partial charge >= 0.3 is 0 Å². The van der Waals surface area contributed by atoms with E-state index >= 15 is 0 Å². The van der Waals surface area contributed by atoms with Crippen LogP contribution in [0.3, 0.4) is 0 Å².